The van der Waals surface area contributed by atoms with Crippen LogP contribution in [0.25, 0.3) is 6.08 Å². The van der Waals surface area contributed by atoms with Crippen molar-refractivity contribution in [1.29, 1.82) is 0 Å². The number of nitro benzene ring substituents is 1. The zero-order valence-corrected chi connectivity index (χ0v) is 13.3. The van der Waals surface area contributed by atoms with Crippen molar-refractivity contribution in [3.8, 4) is 5.75 Å². The molecule has 2 aromatic rings. The number of ether oxygens (including phenoxy) is 1. The van der Waals surface area contributed by atoms with Crippen molar-refractivity contribution >= 4 is 23.5 Å². The van der Waals surface area contributed by atoms with Gasteiger partial charge in [-0.05, 0) is 49.4 Å². The maximum absolute atomic E-state index is 12.1. The molecule has 0 aliphatic carbocycles. The van der Waals surface area contributed by atoms with Gasteiger partial charge in [0, 0.05) is 11.6 Å². The van der Waals surface area contributed by atoms with Crippen LogP contribution in [0, 0.1) is 10.1 Å². The lowest BCUT2D eigenvalue weighted by atomic mass is 10.1. The Morgan fingerprint density at radius 3 is 2.40 bits per heavy atom. The summed E-state index contributed by atoms with van der Waals surface area (Å²) in [4.78, 5) is 33.3. The highest BCUT2D eigenvalue weighted by atomic mass is 16.6. The monoisotopic (exact) mass is 341 g/mol. The Balaban J connectivity index is 2.11. The molecule has 1 atom stereocenters. The number of nitro groups is 1. The van der Waals surface area contributed by atoms with Crippen LogP contribution in [-0.2, 0) is 4.79 Å². The molecule has 25 heavy (non-hydrogen) atoms. The van der Waals surface area contributed by atoms with Gasteiger partial charge in [0.1, 0.15) is 5.75 Å². The summed E-state index contributed by atoms with van der Waals surface area (Å²) in [5.74, 6) is -1.10. The van der Waals surface area contributed by atoms with E-state index >= 15 is 0 Å². The number of nitrogens with zero attached hydrogens (tertiary/aromatic N) is 1. The largest absolute Gasteiger partial charge is 0.479 e. The summed E-state index contributed by atoms with van der Waals surface area (Å²) in [6, 6.07) is 12.1. The van der Waals surface area contributed by atoms with Crippen molar-refractivity contribution in [2.45, 2.75) is 13.0 Å². The number of rotatable bonds is 7. The molecule has 0 fully saturated rings. The lowest BCUT2D eigenvalue weighted by Crippen LogP contribution is -2.22. The number of allylic oxidation sites excluding steroid dienone is 1. The summed E-state index contributed by atoms with van der Waals surface area (Å²) >= 11 is 0. The predicted molar refractivity (Wildman–Crippen MR) is 90.6 cm³/mol. The summed E-state index contributed by atoms with van der Waals surface area (Å²) in [6.07, 6.45) is 1.63. The minimum absolute atomic E-state index is 0.0852. The number of para-hydroxylation sites is 1. The van der Waals surface area contributed by atoms with Gasteiger partial charge in [0.15, 0.2) is 11.9 Å². The van der Waals surface area contributed by atoms with Gasteiger partial charge in [-0.1, -0.05) is 12.1 Å². The normalized spacial score (nSPS) is 11.9. The van der Waals surface area contributed by atoms with Gasteiger partial charge in [-0.15, -0.1) is 0 Å². The number of carboxylic acid groups (broad SMARTS) is 1. The van der Waals surface area contributed by atoms with Gasteiger partial charge in [-0.2, -0.15) is 0 Å². The molecular weight excluding hydrogens is 326 g/mol. The standard InChI is InChI=1S/C18H15NO6/c1-12(18(21)22)25-15-9-6-14(7-10-15)17(20)11-8-13-4-2-3-5-16(13)19(23)24/h2-12H,1H3,(H,21,22)/b11-8+. The van der Waals surface area contributed by atoms with E-state index < -0.39 is 17.0 Å². The lowest BCUT2D eigenvalue weighted by molar-refractivity contribution is -0.385. The Morgan fingerprint density at radius 1 is 1.16 bits per heavy atom. The van der Waals surface area contributed by atoms with Crippen LogP contribution in [0.5, 0.6) is 5.75 Å². The number of benzene rings is 2. The van der Waals surface area contributed by atoms with Crippen molar-refractivity contribution in [3.63, 3.8) is 0 Å². The van der Waals surface area contributed by atoms with E-state index in [1.165, 1.54) is 49.4 Å². The van der Waals surface area contributed by atoms with Gasteiger partial charge in [0.05, 0.1) is 10.5 Å². The Kier molecular flexibility index (Phi) is 5.62. The molecule has 0 aliphatic heterocycles. The van der Waals surface area contributed by atoms with Crippen LogP contribution in [0.2, 0.25) is 0 Å². The van der Waals surface area contributed by atoms with Crippen LogP contribution < -0.4 is 4.74 Å². The highest BCUT2D eigenvalue weighted by molar-refractivity contribution is 6.07. The van der Waals surface area contributed by atoms with Gasteiger partial charge in [0.2, 0.25) is 0 Å². The highest BCUT2D eigenvalue weighted by Gasteiger charge is 2.13. The molecule has 0 saturated heterocycles. The summed E-state index contributed by atoms with van der Waals surface area (Å²) in [6.45, 7) is 1.40. The number of carbonyl (C=O) groups is 2. The number of hydrogen-bond donors (Lipinski definition) is 1. The summed E-state index contributed by atoms with van der Waals surface area (Å²) in [5.41, 5.74) is 0.596. The topological polar surface area (TPSA) is 107 Å². The molecule has 2 rings (SSSR count). The Bertz CT molecular complexity index is 826. The highest BCUT2D eigenvalue weighted by Crippen LogP contribution is 2.20. The third-order valence-corrected chi connectivity index (χ3v) is 3.35. The quantitative estimate of drug-likeness (QED) is 0.358. The predicted octanol–water partition coefficient (Wildman–Crippen LogP) is 3.34. The molecule has 0 bridgehead atoms. The fourth-order valence-electron chi connectivity index (χ4n) is 2.01. The molecule has 7 heteroatoms. The number of hydrogen-bond acceptors (Lipinski definition) is 5. The van der Waals surface area contributed by atoms with Crippen molar-refractivity contribution in [3.05, 3.63) is 75.8 Å². The summed E-state index contributed by atoms with van der Waals surface area (Å²) < 4.78 is 5.18. The SMILES string of the molecule is CC(Oc1ccc(C(=O)/C=C/c2ccccc2[N+](=O)[O-])cc1)C(=O)O. The average molecular weight is 341 g/mol. The molecule has 0 spiro atoms. The molecule has 0 radical (unpaired) electrons. The smallest absolute Gasteiger partial charge is 0.344 e. The van der Waals surface area contributed by atoms with Crippen molar-refractivity contribution < 1.29 is 24.4 Å². The van der Waals surface area contributed by atoms with Crippen LogP contribution in [0.4, 0.5) is 5.69 Å². The van der Waals surface area contributed by atoms with Crippen LogP contribution in [0.3, 0.4) is 0 Å². The molecule has 0 aliphatic rings. The second-order valence-corrected chi connectivity index (χ2v) is 5.14. The van der Waals surface area contributed by atoms with Gasteiger partial charge in [-0.3, -0.25) is 14.9 Å². The lowest BCUT2D eigenvalue weighted by Gasteiger charge is -2.10. The summed E-state index contributed by atoms with van der Waals surface area (Å²) in [5, 5.41) is 19.7. The first kappa shape index (κ1) is 17.9. The second-order valence-electron chi connectivity index (χ2n) is 5.14. The fraction of sp³-hybridized carbons (Fsp3) is 0.111. The van der Waals surface area contributed by atoms with E-state index in [-0.39, 0.29) is 11.5 Å². The van der Waals surface area contributed by atoms with E-state index in [1.807, 2.05) is 0 Å². The van der Waals surface area contributed by atoms with Crippen molar-refractivity contribution in [1.82, 2.24) is 0 Å². The fourth-order valence-corrected chi connectivity index (χ4v) is 2.01. The maximum atomic E-state index is 12.1. The average Bonchev–Trinajstić information content (AvgIpc) is 2.60. The second kappa shape index (κ2) is 7.87. The Morgan fingerprint density at radius 2 is 1.80 bits per heavy atom. The first-order valence-electron chi connectivity index (χ1n) is 7.34. The van der Waals surface area contributed by atoms with Crippen LogP contribution in [0.15, 0.2) is 54.6 Å². The van der Waals surface area contributed by atoms with Crippen LogP contribution >= 0.6 is 0 Å². The van der Waals surface area contributed by atoms with E-state index in [2.05, 4.69) is 0 Å². The van der Waals surface area contributed by atoms with Gasteiger partial charge in [-0.25, -0.2) is 4.79 Å². The van der Waals surface area contributed by atoms with Crippen molar-refractivity contribution in [2.24, 2.45) is 0 Å². The van der Waals surface area contributed by atoms with Gasteiger partial charge < -0.3 is 9.84 Å². The summed E-state index contributed by atoms with van der Waals surface area (Å²) in [7, 11) is 0. The molecule has 0 aromatic heterocycles. The zero-order valence-electron chi connectivity index (χ0n) is 13.3. The van der Waals surface area contributed by atoms with E-state index in [9.17, 15) is 19.7 Å². The van der Waals surface area contributed by atoms with Crippen LogP contribution in [0.1, 0.15) is 22.8 Å². The molecular formula is C18H15NO6. The molecule has 0 saturated carbocycles. The molecule has 1 N–H and O–H groups in total. The number of aliphatic carboxylic acids is 1. The van der Waals surface area contributed by atoms with E-state index in [0.29, 0.717) is 16.9 Å². The minimum Gasteiger partial charge on any atom is -0.479 e. The van der Waals surface area contributed by atoms with E-state index in [1.54, 1.807) is 18.2 Å². The number of carbonyl (C=O) groups excluding carboxylic acids is 1. The molecule has 0 heterocycles. The molecule has 0 amide bonds. The first-order valence-corrected chi connectivity index (χ1v) is 7.34. The van der Waals surface area contributed by atoms with Crippen LogP contribution in [-0.4, -0.2) is 27.9 Å². The van der Waals surface area contributed by atoms with Gasteiger partial charge in [0.25, 0.3) is 5.69 Å². The number of carboxylic acids is 1. The molecule has 1 unspecified atom stereocenters. The third kappa shape index (κ3) is 4.74. The van der Waals surface area contributed by atoms with Crippen molar-refractivity contribution in [2.75, 3.05) is 0 Å². The first-order chi connectivity index (χ1) is 11.9. The minimum atomic E-state index is -1.09. The van der Waals surface area contributed by atoms with Gasteiger partial charge >= 0.3 is 5.97 Å². The third-order valence-electron chi connectivity index (χ3n) is 3.35. The Labute approximate surface area is 143 Å². The zero-order chi connectivity index (χ0) is 18.4. The maximum Gasteiger partial charge on any atom is 0.344 e. The van der Waals surface area contributed by atoms with E-state index in [4.69, 9.17) is 9.84 Å². The molecule has 128 valence electrons. The molecule has 7 nitrogen and oxygen atoms in total. The molecule has 2 aromatic carbocycles. The Hall–Kier alpha value is -3.48. The van der Waals surface area contributed by atoms with E-state index in [0.717, 1.165) is 0 Å². The number of ketones is 1.